The summed E-state index contributed by atoms with van der Waals surface area (Å²) in [6.45, 7) is 21.5. The maximum Gasteiger partial charge on any atom is 0.191 e. The van der Waals surface area contributed by atoms with Crippen LogP contribution in [0.2, 0.25) is 37.8 Å². The Balaban J connectivity index is 3.83. The maximum atomic E-state index is 6.17. The standard InChI is InChI=1S/C17H38O2Si2/c1-16(18-15-20(5,6)7)13-11-10-12-14-19-21(8,9)17(2,3)4/h11,13,16H,10,12,14-15H2,1-9H3/b13-11-/t16-/m1/s1. The van der Waals surface area contributed by atoms with E-state index < -0.39 is 16.4 Å². The largest absolute Gasteiger partial charge is 0.417 e. The van der Waals surface area contributed by atoms with Crippen LogP contribution in [0.5, 0.6) is 0 Å². The monoisotopic (exact) mass is 330 g/mol. The fourth-order valence-electron chi connectivity index (χ4n) is 1.47. The zero-order valence-corrected chi connectivity index (χ0v) is 17.9. The molecule has 0 N–H and O–H groups in total. The third kappa shape index (κ3) is 10.4. The molecule has 0 radical (unpaired) electrons. The van der Waals surface area contributed by atoms with Gasteiger partial charge in [-0.25, -0.2) is 0 Å². The molecule has 0 aliphatic heterocycles. The van der Waals surface area contributed by atoms with Crippen molar-refractivity contribution in [2.45, 2.75) is 84.4 Å². The SMILES string of the molecule is C[C@H](/C=C\CCCO[Si](C)(C)C(C)(C)C)OC[Si](C)(C)C. The molecule has 0 fully saturated rings. The summed E-state index contributed by atoms with van der Waals surface area (Å²) in [7, 11) is -2.66. The predicted octanol–water partition coefficient (Wildman–Crippen LogP) is 5.63. The van der Waals surface area contributed by atoms with Gasteiger partial charge >= 0.3 is 0 Å². The van der Waals surface area contributed by atoms with E-state index in [9.17, 15) is 0 Å². The number of rotatable bonds is 9. The van der Waals surface area contributed by atoms with Crippen molar-refractivity contribution in [1.29, 1.82) is 0 Å². The Morgan fingerprint density at radius 1 is 1.05 bits per heavy atom. The third-order valence-electron chi connectivity index (χ3n) is 3.97. The first-order chi connectivity index (χ1) is 9.35. The van der Waals surface area contributed by atoms with Crippen molar-refractivity contribution in [3.63, 3.8) is 0 Å². The molecule has 21 heavy (non-hydrogen) atoms. The highest BCUT2D eigenvalue weighted by Gasteiger charge is 2.36. The van der Waals surface area contributed by atoms with Crippen molar-refractivity contribution >= 4 is 16.4 Å². The summed E-state index contributed by atoms with van der Waals surface area (Å²) in [5.74, 6) is 0. The average Bonchev–Trinajstić information content (AvgIpc) is 2.28. The number of hydrogen-bond donors (Lipinski definition) is 0. The second kappa shape index (κ2) is 8.65. The van der Waals surface area contributed by atoms with Gasteiger partial charge in [-0.1, -0.05) is 52.6 Å². The Hall–Kier alpha value is 0.0938. The molecule has 0 heterocycles. The van der Waals surface area contributed by atoms with Crippen LogP contribution in [0.1, 0.15) is 40.5 Å². The fourth-order valence-corrected chi connectivity index (χ4v) is 3.32. The molecule has 2 nitrogen and oxygen atoms in total. The maximum absolute atomic E-state index is 6.17. The normalized spacial score (nSPS) is 15.7. The summed E-state index contributed by atoms with van der Waals surface area (Å²) in [4.78, 5) is 0. The molecule has 126 valence electrons. The Labute approximate surface area is 135 Å². The van der Waals surface area contributed by atoms with Gasteiger partial charge in [0, 0.05) is 12.8 Å². The summed E-state index contributed by atoms with van der Waals surface area (Å²) in [6, 6.07) is 0. The second-order valence-corrected chi connectivity index (χ2v) is 19.0. The first-order valence-corrected chi connectivity index (χ1v) is 14.9. The van der Waals surface area contributed by atoms with Crippen molar-refractivity contribution < 1.29 is 9.16 Å². The molecule has 0 aliphatic carbocycles. The summed E-state index contributed by atoms with van der Waals surface area (Å²) in [5, 5.41) is 0.308. The first kappa shape index (κ1) is 21.1. The molecule has 0 rings (SSSR count). The lowest BCUT2D eigenvalue weighted by atomic mass is 10.2. The van der Waals surface area contributed by atoms with E-state index in [1.165, 1.54) is 0 Å². The van der Waals surface area contributed by atoms with Crippen LogP contribution in [0.25, 0.3) is 0 Å². The third-order valence-corrected chi connectivity index (χ3v) is 9.54. The van der Waals surface area contributed by atoms with Crippen LogP contribution >= 0.6 is 0 Å². The number of ether oxygens (including phenoxy) is 1. The Kier molecular flexibility index (Phi) is 8.69. The summed E-state index contributed by atoms with van der Waals surface area (Å²) in [5.41, 5.74) is 0. The van der Waals surface area contributed by atoms with Crippen molar-refractivity contribution in [3.05, 3.63) is 12.2 Å². The quantitative estimate of drug-likeness (QED) is 0.310. The zero-order chi connectivity index (χ0) is 16.7. The number of hydrogen-bond acceptors (Lipinski definition) is 2. The van der Waals surface area contributed by atoms with Gasteiger partial charge in [0.25, 0.3) is 0 Å². The predicted molar refractivity (Wildman–Crippen MR) is 100 cm³/mol. The Morgan fingerprint density at radius 3 is 2.10 bits per heavy atom. The molecule has 4 heteroatoms. The van der Waals surface area contributed by atoms with E-state index in [0.29, 0.717) is 5.04 Å². The molecule has 0 aromatic heterocycles. The van der Waals surface area contributed by atoms with Crippen LogP contribution in [0.15, 0.2) is 12.2 Å². The van der Waals surface area contributed by atoms with Crippen LogP contribution in [0.4, 0.5) is 0 Å². The smallest absolute Gasteiger partial charge is 0.191 e. The van der Waals surface area contributed by atoms with E-state index in [1.54, 1.807) is 0 Å². The van der Waals surface area contributed by atoms with Crippen molar-refractivity contribution in [1.82, 2.24) is 0 Å². The highest BCUT2D eigenvalue weighted by Crippen LogP contribution is 2.36. The van der Waals surface area contributed by atoms with Crippen LogP contribution in [-0.2, 0) is 9.16 Å². The van der Waals surface area contributed by atoms with E-state index in [1.807, 2.05) is 0 Å². The lowest BCUT2D eigenvalue weighted by Crippen LogP contribution is -2.40. The molecular weight excluding hydrogens is 292 g/mol. The molecule has 0 aromatic rings. The lowest BCUT2D eigenvalue weighted by Gasteiger charge is -2.36. The topological polar surface area (TPSA) is 18.5 Å². The number of unbranched alkanes of at least 4 members (excludes halogenated alkanes) is 1. The van der Waals surface area contributed by atoms with Crippen LogP contribution in [0, 0.1) is 0 Å². The fraction of sp³-hybridized carbons (Fsp3) is 0.882. The van der Waals surface area contributed by atoms with Gasteiger partial charge in [0.15, 0.2) is 8.32 Å². The highest BCUT2D eigenvalue weighted by atomic mass is 28.4. The van der Waals surface area contributed by atoms with Crippen molar-refractivity contribution in [3.8, 4) is 0 Å². The molecular formula is C17H38O2Si2. The van der Waals surface area contributed by atoms with Gasteiger partial charge in [-0.05, 0) is 37.9 Å². The minimum absolute atomic E-state index is 0.234. The van der Waals surface area contributed by atoms with E-state index in [-0.39, 0.29) is 6.10 Å². The van der Waals surface area contributed by atoms with Crippen LogP contribution in [0.3, 0.4) is 0 Å². The minimum Gasteiger partial charge on any atom is -0.417 e. The van der Waals surface area contributed by atoms with E-state index in [4.69, 9.17) is 9.16 Å². The van der Waals surface area contributed by atoms with E-state index in [0.717, 1.165) is 25.7 Å². The molecule has 0 aliphatic rings. The zero-order valence-electron chi connectivity index (χ0n) is 15.9. The molecule has 0 saturated carbocycles. The summed E-state index contributed by atoms with van der Waals surface area (Å²) in [6.07, 6.45) is 7.78. The van der Waals surface area contributed by atoms with Crippen LogP contribution in [-0.4, -0.2) is 35.3 Å². The van der Waals surface area contributed by atoms with Crippen molar-refractivity contribution in [2.75, 3.05) is 12.8 Å². The van der Waals surface area contributed by atoms with E-state index in [2.05, 4.69) is 72.6 Å². The van der Waals surface area contributed by atoms with E-state index >= 15 is 0 Å². The summed E-state index contributed by atoms with van der Waals surface area (Å²) >= 11 is 0. The van der Waals surface area contributed by atoms with Crippen LogP contribution < -0.4 is 0 Å². The van der Waals surface area contributed by atoms with Gasteiger partial charge < -0.3 is 9.16 Å². The second-order valence-electron chi connectivity index (χ2n) is 8.76. The molecule has 1 atom stereocenters. The molecule has 0 amide bonds. The lowest BCUT2D eigenvalue weighted by molar-refractivity contribution is 0.132. The molecule has 0 unspecified atom stereocenters. The molecule has 0 bridgehead atoms. The molecule has 0 saturated heterocycles. The minimum atomic E-state index is -1.56. The van der Waals surface area contributed by atoms with Gasteiger partial charge in [-0.3, -0.25) is 0 Å². The Bertz CT molecular complexity index is 312. The van der Waals surface area contributed by atoms with Crippen molar-refractivity contribution in [2.24, 2.45) is 0 Å². The van der Waals surface area contributed by atoms with Gasteiger partial charge in [0.05, 0.1) is 14.2 Å². The Morgan fingerprint density at radius 2 is 1.62 bits per heavy atom. The van der Waals surface area contributed by atoms with Gasteiger partial charge in [-0.2, -0.15) is 0 Å². The molecule has 0 aromatic carbocycles. The van der Waals surface area contributed by atoms with Gasteiger partial charge in [0.2, 0.25) is 0 Å². The summed E-state index contributed by atoms with van der Waals surface area (Å²) < 4.78 is 12.0. The van der Waals surface area contributed by atoms with Gasteiger partial charge in [0.1, 0.15) is 0 Å². The first-order valence-electron chi connectivity index (χ1n) is 8.27. The highest BCUT2D eigenvalue weighted by molar-refractivity contribution is 6.76. The molecule has 0 spiro atoms. The number of allylic oxidation sites excluding steroid dienone is 1. The average molecular weight is 331 g/mol. The van der Waals surface area contributed by atoms with Gasteiger partial charge in [-0.15, -0.1) is 0 Å².